The summed E-state index contributed by atoms with van der Waals surface area (Å²) in [6.45, 7) is 3.09. The number of pyridine rings is 1. The minimum absolute atomic E-state index is 0.425. The molecule has 0 N–H and O–H groups in total. The number of rotatable bonds is 2. The molecule has 1 saturated heterocycles. The Labute approximate surface area is 87.9 Å². The van der Waals surface area contributed by atoms with E-state index in [1.807, 2.05) is 24.0 Å². The molecule has 1 aliphatic rings. The van der Waals surface area contributed by atoms with Crippen molar-refractivity contribution < 1.29 is 8.78 Å². The van der Waals surface area contributed by atoms with Gasteiger partial charge < -0.3 is 4.90 Å². The van der Waals surface area contributed by atoms with Crippen molar-refractivity contribution in [2.45, 2.75) is 19.8 Å². The second-order valence-electron chi connectivity index (χ2n) is 4.02. The van der Waals surface area contributed by atoms with E-state index in [0.29, 0.717) is 19.5 Å². The first-order valence-electron chi connectivity index (χ1n) is 5.12. The van der Waals surface area contributed by atoms with E-state index in [4.69, 9.17) is 0 Å². The van der Waals surface area contributed by atoms with Gasteiger partial charge in [-0.05, 0) is 31.0 Å². The molecule has 0 bridgehead atoms. The Bertz CT molecular complexity index is 341. The van der Waals surface area contributed by atoms with Gasteiger partial charge in [-0.15, -0.1) is 0 Å². The van der Waals surface area contributed by atoms with E-state index < -0.39 is 12.3 Å². The van der Waals surface area contributed by atoms with Crippen molar-refractivity contribution in [1.29, 1.82) is 0 Å². The molecular weight excluding hydrogens is 198 g/mol. The van der Waals surface area contributed by atoms with Crippen molar-refractivity contribution >= 4 is 5.82 Å². The average Bonchev–Trinajstić information content (AvgIpc) is 2.66. The lowest BCUT2D eigenvalue weighted by molar-refractivity contribution is 0.0880. The lowest BCUT2D eigenvalue weighted by atomic mass is 10.1. The third kappa shape index (κ3) is 2.25. The van der Waals surface area contributed by atoms with Gasteiger partial charge in [-0.3, -0.25) is 0 Å². The number of halogens is 2. The highest BCUT2D eigenvalue weighted by molar-refractivity contribution is 5.41. The van der Waals surface area contributed by atoms with Gasteiger partial charge in [-0.1, -0.05) is 0 Å². The molecule has 1 fully saturated rings. The van der Waals surface area contributed by atoms with Crippen molar-refractivity contribution in [3.8, 4) is 0 Å². The van der Waals surface area contributed by atoms with Crippen LogP contribution < -0.4 is 4.90 Å². The molecule has 0 aliphatic carbocycles. The van der Waals surface area contributed by atoms with Gasteiger partial charge in [0.1, 0.15) is 5.82 Å². The fraction of sp³-hybridized carbons (Fsp3) is 0.545. The molecule has 2 nitrogen and oxygen atoms in total. The van der Waals surface area contributed by atoms with Crippen LogP contribution in [0.5, 0.6) is 0 Å². The van der Waals surface area contributed by atoms with Crippen molar-refractivity contribution in [3.63, 3.8) is 0 Å². The first-order valence-corrected chi connectivity index (χ1v) is 5.12. The summed E-state index contributed by atoms with van der Waals surface area (Å²) in [6, 6.07) is 3.85. The van der Waals surface area contributed by atoms with Crippen LogP contribution in [0.3, 0.4) is 0 Å². The van der Waals surface area contributed by atoms with Crippen LogP contribution in [0.4, 0.5) is 14.6 Å². The first kappa shape index (κ1) is 10.3. The molecule has 1 atom stereocenters. The van der Waals surface area contributed by atoms with E-state index in [2.05, 4.69) is 4.98 Å². The SMILES string of the molecule is Cc1ccnc(N2CCC(C(F)F)C2)c1. The normalized spacial score (nSPS) is 21.3. The molecule has 82 valence electrons. The molecule has 4 heteroatoms. The molecule has 0 spiro atoms. The van der Waals surface area contributed by atoms with Gasteiger partial charge in [0.15, 0.2) is 0 Å². The first-order chi connectivity index (χ1) is 7.16. The largest absolute Gasteiger partial charge is 0.356 e. The Kier molecular flexibility index (Phi) is 2.84. The molecule has 2 heterocycles. The van der Waals surface area contributed by atoms with Crippen LogP contribution in [0.1, 0.15) is 12.0 Å². The molecule has 1 unspecified atom stereocenters. The number of alkyl halides is 2. The van der Waals surface area contributed by atoms with Crippen LogP contribution in [0, 0.1) is 12.8 Å². The summed E-state index contributed by atoms with van der Waals surface area (Å²) in [5.41, 5.74) is 1.11. The van der Waals surface area contributed by atoms with Crippen LogP contribution in [0.25, 0.3) is 0 Å². The predicted molar refractivity (Wildman–Crippen MR) is 55.3 cm³/mol. The highest BCUT2D eigenvalue weighted by Crippen LogP contribution is 2.26. The summed E-state index contributed by atoms with van der Waals surface area (Å²) < 4.78 is 24.9. The zero-order valence-electron chi connectivity index (χ0n) is 8.66. The van der Waals surface area contributed by atoms with E-state index in [-0.39, 0.29) is 0 Å². The Balaban J connectivity index is 2.08. The molecule has 0 saturated carbocycles. The van der Waals surface area contributed by atoms with Crippen molar-refractivity contribution in [2.75, 3.05) is 18.0 Å². The molecule has 0 amide bonds. The number of aromatic nitrogens is 1. The van der Waals surface area contributed by atoms with Crippen LogP contribution in [0.15, 0.2) is 18.3 Å². The minimum atomic E-state index is -2.21. The van der Waals surface area contributed by atoms with Crippen LogP contribution >= 0.6 is 0 Å². The van der Waals surface area contributed by atoms with Gasteiger partial charge in [0.2, 0.25) is 6.43 Å². The number of nitrogens with zero attached hydrogens (tertiary/aromatic N) is 2. The summed E-state index contributed by atoms with van der Waals surface area (Å²) in [7, 11) is 0. The third-order valence-electron chi connectivity index (χ3n) is 2.81. The quantitative estimate of drug-likeness (QED) is 0.748. The summed E-state index contributed by atoms with van der Waals surface area (Å²) in [6.07, 6.45) is 0.0769. The smallest absolute Gasteiger partial charge is 0.243 e. The zero-order chi connectivity index (χ0) is 10.8. The average molecular weight is 212 g/mol. The van der Waals surface area contributed by atoms with E-state index >= 15 is 0 Å². The van der Waals surface area contributed by atoms with Crippen molar-refractivity contribution in [1.82, 2.24) is 4.98 Å². The number of anilines is 1. The van der Waals surface area contributed by atoms with Crippen LogP contribution in [-0.4, -0.2) is 24.5 Å². The molecule has 0 radical (unpaired) electrons. The molecule has 1 aliphatic heterocycles. The van der Waals surface area contributed by atoms with E-state index in [1.54, 1.807) is 6.20 Å². The van der Waals surface area contributed by atoms with Gasteiger partial charge in [-0.2, -0.15) is 0 Å². The maximum Gasteiger partial charge on any atom is 0.243 e. The van der Waals surface area contributed by atoms with Crippen LogP contribution in [0.2, 0.25) is 0 Å². The highest BCUT2D eigenvalue weighted by atomic mass is 19.3. The van der Waals surface area contributed by atoms with Gasteiger partial charge >= 0.3 is 0 Å². The van der Waals surface area contributed by atoms with Crippen molar-refractivity contribution in [3.05, 3.63) is 23.9 Å². The second-order valence-corrected chi connectivity index (χ2v) is 4.02. The molecule has 2 rings (SSSR count). The lowest BCUT2D eigenvalue weighted by Gasteiger charge is -2.17. The highest BCUT2D eigenvalue weighted by Gasteiger charge is 2.29. The number of hydrogen-bond acceptors (Lipinski definition) is 2. The Hall–Kier alpha value is -1.19. The predicted octanol–water partition coefficient (Wildman–Crippen LogP) is 2.48. The fourth-order valence-corrected chi connectivity index (χ4v) is 1.89. The maximum absolute atomic E-state index is 12.5. The molecule has 15 heavy (non-hydrogen) atoms. The molecule has 1 aromatic rings. The Morgan fingerprint density at radius 3 is 2.93 bits per heavy atom. The summed E-state index contributed by atoms with van der Waals surface area (Å²) >= 11 is 0. The number of hydrogen-bond donors (Lipinski definition) is 0. The lowest BCUT2D eigenvalue weighted by Crippen LogP contribution is -2.22. The molecule has 1 aromatic heterocycles. The fourth-order valence-electron chi connectivity index (χ4n) is 1.89. The Morgan fingerprint density at radius 2 is 2.33 bits per heavy atom. The minimum Gasteiger partial charge on any atom is -0.356 e. The summed E-state index contributed by atoms with van der Waals surface area (Å²) in [5.74, 6) is 0.325. The van der Waals surface area contributed by atoms with Gasteiger partial charge in [0, 0.05) is 25.2 Å². The summed E-state index contributed by atoms with van der Waals surface area (Å²) in [4.78, 5) is 6.13. The van der Waals surface area contributed by atoms with Gasteiger partial charge in [0.05, 0.1) is 0 Å². The number of aryl methyl sites for hydroxylation is 1. The standard InChI is InChI=1S/C11H14F2N2/c1-8-2-4-14-10(6-8)15-5-3-9(7-15)11(12)13/h2,4,6,9,11H,3,5,7H2,1H3. The zero-order valence-corrected chi connectivity index (χ0v) is 8.66. The van der Waals surface area contributed by atoms with E-state index in [1.165, 1.54) is 0 Å². The van der Waals surface area contributed by atoms with E-state index in [9.17, 15) is 8.78 Å². The molecular formula is C11H14F2N2. The van der Waals surface area contributed by atoms with Crippen LogP contribution in [-0.2, 0) is 0 Å². The Morgan fingerprint density at radius 1 is 1.53 bits per heavy atom. The van der Waals surface area contributed by atoms with Gasteiger partial charge in [0.25, 0.3) is 0 Å². The summed E-state index contributed by atoms with van der Waals surface area (Å²) in [5, 5.41) is 0. The van der Waals surface area contributed by atoms with E-state index in [0.717, 1.165) is 11.4 Å². The van der Waals surface area contributed by atoms with Crippen molar-refractivity contribution in [2.24, 2.45) is 5.92 Å². The topological polar surface area (TPSA) is 16.1 Å². The molecule has 0 aromatic carbocycles. The second kappa shape index (κ2) is 4.13. The van der Waals surface area contributed by atoms with Gasteiger partial charge in [-0.25, -0.2) is 13.8 Å². The third-order valence-corrected chi connectivity index (χ3v) is 2.81. The maximum atomic E-state index is 12.5. The monoisotopic (exact) mass is 212 g/mol.